The minimum atomic E-state index is 0.360. The van der Waals surface area contributed by atoms with Crippen LogP contribution >= 0.6 is 0 Å². The summed E-state index contributed by atoms with van der Waals surface area (Å²) in [5.41, 5.74) is 1.28. The summed E-state index contributed by atoms with van der Waals surface area (Å²) < 4.78 is 0. The predicted octanol–water partition coefficient (Wildman–Crippen LogP) is 2.06. The summed E-state index contributed by atoms with van der Waals surface area (Å²) in [6.07, 6.45) is 8.51. The molecule has 1 aromatic rings. The fraction of sp³-hybridized carbons (Fsp3) is 0.643. The van der Waals surface area contributed by atoms with Gasteiger partial charge in [0.2, 0.25) is 0 Å². The first-order valence-electron chi connectivity index (χ1n) is 6.49. The Balaban J connectivity index is 1.83. The van der Waals surface area contributed by atoms with Crippen LogP contribution in [-0.2, 0) is 6.54 Å². The Morgan fingerprint density at radius 2 is 2.12 bits per heavy atom. The second kappa shape index (κ2) is 6.12. The van der Waals surface area contributed by atoms with Crippen LogP contribution in [0.25, 0.3) is 0 Å². The Morgan fingerprint density at radius 1 is 1.35 bits per heavy atom. The van der Waals surface area contributed by atoms with Crippen molar-refractivity contribution in [1.82, 2.24) is 9.88 Å². The van der Waals surface area contributed by atoms with Gasteiger partial charge in [-0.1, -0.05) is 6.07 Å². The molecule has 0 unspecified atom stereocenters. The van der Waals surface area contributed by atoms with Crippen LogP contribution in [0.3, 0.4) is 0 Å². The highest BCUT2D eigenvalue weighted by Crippen LogP contribution is 2.27. The summed E-state index contributed by atoms with van der Waals surface area (Å²) in [5, 5.41) is 9.13. The molecule has 1 fully saturated rings. The zero-order valence-corrected chi connectivity index (χ0v) is 10.5. The molecule has 0 spiro atoms. The molecule has 0 saturated heterocycles. The van der Waals surface area contributed by atoms with E-state index in [0.717, 1.165) is 6.54 Å². The molecule has 0 atom stereocenters. The van der Waals surface area contributed by atoms with E-state index in [9.17, 15) is 0 Å². The Morgan fingerprint density at radius 3 is 2.71 bits per heavy atom. The van der Waals surface area contributed by atoms with Crippen molar-refractivity contribution >= 4 is 0 Å². The number of aliphatic hydroxyl groups excluding tert-OH is 1. The van der Waals surface area contributed by atoms with Crippen LogP contribution < -0.4 is 0 Å². The normalized spacial score (nSPS) is 25.1. The van der Waals surface area contributed by atoms with Crippen molar-refractivity contribution in [1.29, 1.82) is 0 Å². The van der Waals surface area contributed by atoms with Crippen LogP contribution in [0.4, 0.5) is 0 Å². The van der Waals surface area contributed by atoms with Gasteiger partial charge in [-0.3, -0.25) is 9.88 Å². The first kappa shape index (κ1) is 12.5. The van der Waals surface area contributed by atoms with E-state index < -0.39 is 0 Å². The molecule has 1 aliphatic carbocycles. The molecule has 2 rings (SSSR count). The van der Waals surface area contributed by atoms with E-state index in [1.54, 1.807) is 0 Å². The molecule has 1 N–H and O–H groups in total. The summed E-state index contributed by atoms with van der Waals surface area (Å²) in [6.45, 7) is 1.33. The van der Waals surface area contributed by atoms with E-state index in [4.69, 9.17) is 5.11 Å². The minimum Gasteiger partial charge on any atom is -0.396 e. The lowest BCUT2D eigenvalue weighted by Crippen LogP contribution is -2.35. The third-order valence-corrected chi connectivity index (χ3v) is 3.85. The van der Waals surface area contributed by atoms with E-state index in [2.05, 4.69) is 23.0 Å². The van der Waals surface area contributed by atoms with Gasteiger partial charge in [0.25, 0.3) is 0 Å². The van der Waals surface area contributed by atoms with Crippen LogP contribution in [0.2, 0.25) is 0 Å². The van der Waals surface area contributed by atoms with Gasteiger partial charge in [-0.05, 0) is 50.3 Å². The minimum absolute atomic E-state index is 0.360. The lowest BCUT2D eigenvalue weighted by molar-refractivity contribution is 0.124. The van der Waals surface area contributed by atoms with Gasteiger partial charge >= 0.3 is 0 Å². The first-order valence-corrected chi connectivity index (χ1v) is 6.49. The van der Waals surface area contributed by atoms with Crippen LogP contribution in [0.1, 0.15) is 31.2 Å². The lowest BCUT2D eigenvalue weighted by Gasteiger charge is -2.34. The summed E-state index contributed by atoms with van der Waals surface area (Å²) in [7, 11) is 2.19. The topological polar surface area (TPSA) is 36.4 Å². The zero-order chi connectivity index (χ0) is 12.1. The summed E-state index contributed by atoms with van der Waals surface area (Å²) in [4.78, 5) is 6.57. The quantitative estimate of drug-likeness (QED) is 0.866. The molecule has 1 aliphatic rings. The van der Waals surface area contributed by atoms with Gasteiger partial charge in [0.1, 0.15) is 0 Å². The smallest absolute Gasteiger partial charge is 0.0459 e. The van der Waals surface area contributed by atoms with Crippen LogP contribution in [-0.4, -0.2) is 34.7 Å². The summed E-state index contributed by atoms with van der Waals surface area (Å²) in [5.74, 6) is 0.540. The largest absolute Gasteiger partial charge is 0.396 e. The molecular weight excluding hydrogens is 212 g/mol. The van der Waals surface area contributed by atoms with Crippen LogP contribution in [0.15, 0.2) is 24.5 Å². The van der Waals surface area contributed by atoms with Crippen molar-refractivity contribution < 1.29 is 5.11 Å². The molecule has 1 heterocycles. The average molecular weight is 234 g/mol. The van der Waals surface area contributed by atoms with Gasteiger partial charge in [0.05, 0.1) is 0 Å². The molecule has 1 saturated carbocycles. The predicted molar refractivity (Wildman–Crippen MR) is 68.5 cm³/mol. The fourth-order valence-electron chi connectivity index (χ4n) is 2.68. The van der Waals surface area contributed by atoms with Crippen molar-refractivity contribution in [3.05, 3.63) is 30.1 Å². The number of rotatable bonds is 4. The highest BCUT2D eigenvalue weighted by molar-refractivity contribution is 5.08. The Bertz CT molecular complexity index is 320. The maximum Gasteiger partial charge on any atom is 0.0459 e. The number of hydrogen-bond acceptors (Lipinski definition) is 3. The van der Waals surface area contributed by atoms with Gasteiger partial charge in [0.15, 0.2) is 0 Å². The zero-order valence-electron chi connectivity index (χ0n) is 10.5. The monoisotopic (exact) mass is 234 g/mol. The highest BCUT2D eigenvalue weighted by Gasteiger charge is 2.23. The van der Waals surface area contributed by atoms with Gasteiger partial charge in [-0.2, -0.15) is 0 Å². The highest BCUT2D eigenvalue weighted by atomic mass is 16.3. The Labute approximate surface area is 103 Å². The number of nitrogens with zero attached hydrogens (tertiary/aromatic N) is 2. The van der Waals surface area contributed by atoms with E-state index >= 15 is 0 Å². The molecule has 94 valence electrons. The number of aliphatic hydroxyl groups is 1. The number of aromatic nitrogens is 1. The average Bonchev–Trinajstić information content (AvgIpc) is 2.40. The number of pyridine rings is 1. The molecule has 0 aromatic carbocycles. The SMILES string of the molecule is CN(Cc1cccnc1)C1CCC(CO)CC1. The summed E-state index contributed by atoms with van der Waals surface area (Å²) >= 11 is 0. The second-order valence-electron chi connectivity index (χ2n) is 5.13. The van der Waals surface area contributed by atoms with Crippen LogP contribution in [0.5, 0.6) is 0 Å². The van der Waals surface area contributed by atoms with Crippen molar-refractivity contribution in [3.63, 3.8) is 0 Å². The van der Waals surface area contributed by atoms with Gasteiger partial charge < -0.3 is 5.11 Å². The third kappa shape index (κ3) is 3.51. The molecule has 0 bridgehead atoms. The molecule has 17 heavy (non-hydrogen) atoms. The van der Waals surface area contributed by atoms with Gasteiger partial charge in [0, 0.05) is 31.6 Å². The van der Waals surface area contributed by atoms with Gasteiger partial charge in [-0.25, -0.2) is 0 Å². The maximum absolute atomic E-state index is 9.13. The molecule has 3 heteroatoms. The molecule has 0 aliphatic heterocycles. The van der Waals surface area contributed by atoms with Crippen molar-refractivity contribution in [2.75, 3.05) is 13.7 Å². The standard InChI is InChI=1S/C14H22N2O/c1-16(10-13-3-2-8-15-9-13)14-6-4-12(11-17)5-7-14/h2-3,8-9,12,14,17H,4-7,10-11H2,1H3. The number of hydrogen-bond donors (Lipinski definition) is 1. The molecule has 1 aromatic heterocycles. The van der Waals surface area contributed by atoms with Crippen molar-refractivity contribution in [2.45, 2.75) is 38.3 Å². The van der Waals surface area contributed by atoms with Crippen molar-refractivity contribution in [3.8, 4) is 0 Å². The first-order chi connectivity index (χ1) is 8.29. The molecular formula is C14H22N2O. The molecule has 0 amide bonds. The van der Waals surface area contributed by atoms with E-state index in [0.29, 0.717) is 18.6 Å². The maximum atomic E-state index is 9.13. The van der Waals surface area contributed by atoms with E-state index in [-0.39, 0.29) is 0 Å². The van der Waals surface area contributed by atoms with Gasteiger partial charge in [-0.15, -0.1) is 0 Å². The summed E-state index contributed by atoms with van der Waals surface area (Å²) in [6, 6.07) is 4.78. The van der Waals surface area contributed by atoms with Crippen molar-refractivity contribution in [2.24, 2.45) is 5.92 Å². The Hall–Kier alpha value is -0.930. The third-order valence-electron chi connectivity index (χ3n) is 3.85. The van der Waals surface area contributed by atoms with E-state index in [1.165, 1.54) is 31.2 Å². The van der Waals surface area contributed by atoms with E-state index in [1.807, 2.05) is 18.5 Å². The molecule has 0 radical (unpaired) electrons. The fourth-order valence-corrected chi connectivity index (χ4v) is 2.68. The van der Waals surface area contributed by atoms with Crippen LogP contribution in [0, 0.1) is 5.92 Å². The lowest BCUT2D eigenvalue weighted by atomic mass is 9.86. The molecule has 3 nitrogen and oxygen atoms in total. The Kier molecular flexibility index (Phi) is 4.51. The second-order valence-corrected chi connectivity index (χ2v) is 5.13.